The first-order chi connectivity index (χ1) is 8.63. The fraction of sp³-hybridized carbons (Fsp3) is 0.462. The van der Waals surface area contributed by atoms with Crippen molar-refractivity contribution in [2.45, 2.75) is 38.5 Å². The molecule has 0 atom stereocenters. The SMILES string of the molecule is CCCC(O)=C1C(=O)CC(c2nccs2)CC1=O. The predicted octanol–water partition coefficient (Wildman–Crippen LogP) is 2.77. The van der Waals surface area contributed by atoms with E-state index in [0.29, 0.717) is 12.8 Å². The van der Waals surface area contributed by atoms with Crippen molar-refractivity contribution in [2.75, 3.05) is 0 Å². The number of nitrogens with zero attached hydrogens (tertiary/aromatic N) is 1. The molecule has 0 aliphatic heterocycles. The molecule has 0 unspecified atom stereocenters. The van der Waals surface area contributed by atoms with E-state index in [1.54, 1.807) is 6.20 Å². The number of carbonyl (C=O) groups is 2. The summed E-state index contributed by atoms with van der Waals surface area (Å²) in [5.74, 6) is -0.678. The lowest BCUT2D eigenvalue weighted by atomic mass is 9.83. The van der Waals surface area contributed by atoms with Crippen LogP contribution in [0.2, 0.25) is 0 Å². The number of allylic oxidation sites excluding steroid dienone is 2. The Labute approximate surface area is 109 Å². The van der Waals surface area contributed by atoms with Crippen LogP contribution in [0, 0.1) is 0 Å². The van der Waals surface area contributed by atoms with Crippen LogP contribution in [0.1, 0.15) is 43.5 Å². The van der Waals surface area contributed by atoms with Gasteiger partial charge in [-0.2, -0.15) is 0 Å². The highest BCUT2D eigenvalue weighted by Gasteiger charge is 2.34. The van der Waals surface area contributed by atoms with E-state index >= 15 is 0 Å². The highest BCUT2D eigenvalue weighted by molar-refractivity contribution is 7.09. The maximum atomic E-state index is 12.0. The minimum Gasteiger partial charge on any atom is -0.511 e. The first-order valence-electron chi connectivity index (χ1n) is 6.01. The molecule has 1 saturated carbocycles. The Kier molecular flexibility index (Phi) is 3.91. The molecule has 5 heteroatoms. The maximum Gasteiger partial charge on any atom is 0.170 e. The molecule has 1 aliphatic carbocycles. The number of aliphatic hydroxyl groups excluding tert-OH is 1. The quantitative estimate of drug-likeness (QED) is 0.518. The summed E-state index contributed by atoms with van der Waals surface area (Å²) in [7, 11) is 0. The highest BCUT2D eigenvalue weighted by atomic mass is 32.1. The molecule has 0 bridgehead atoms. The standard InChI is InChI=1S/C13H15NO3S/c1-2-3-9(15)12-10(16)6-8(7-11(12)17)13-14-4-5-18-13/h4-5,8,15H,2-3,6-7H2,1H3. The van der Waals surface area contributed by atoms with Gasteiger partial charge in [-0.15, -0.1) is 11.3 Å². The van der Waals surface area contributed by atoms with E-state index < -0.39 is 0 Å². The zero-order valence-electron chi connectivity index (χ0n) is 10.2. The van der Waals surface area contributed by atoms with Crippen LogP contribution in [0.3, 0.4) is 0 Å². The van der Waals surface area contributed by atoms with Crippen LogP contribution in [0.4, 0.5) is 0 Å². The van der Waals surface area contributed by atoms with Gasteiger partial charge in [0.15, 0.2) is 11.6 Å². The molecule has 0 amide bonds. The average Bonchev–Trinajstić information content (AvgIpc) is 2.81. The second-order valence-corrected chi connectivity index (χ2v) is 5.32. The summed E-state index contributed by atoms with van der Waals surface area (Å²) in [6, 6.07) is 0. The number of ketones is 2. The van der Waals surface area contributed by atoms with Gasteiger partial charge in [0.05, 0.1) is 10.6 Å². The third-order valence-corrected chi connectivity index (χ3v) is 3.94. The van der Waals surface area contributed by atoms with E-state index in [9.17, 15) is 14.7 Å². The van der Waals surface area contributed by atoms with Gasteiger partial charge in [-0.1, -0.05) is 6.92 Å². The zero-order valence-corrected chi connectivity index (χ0v) is 11.0. The number of rotatable bonds is 3. The molecule has 1 N–H and O–H groups in total. The van der Waals surface area contributed by atoms with Crippen molar-refractivity contribution < 1.29 is 14.7 Å². The van der Waals surface area contributed by atoms with Crippen LogP contribution in [0.15, 0.2) is 22.9 Å². The molecule has 1 aliphatic rings. The second kappa shape index (κ2) is 5.44. The molecule has 0 radical (unpaired) electrons. The maximum absolute atomic E-state index is 12.0. The van der Waals surface area contributed by atoms with E-state index in [1.807, 2.05) is 12.3 Å². The Morgan fingerprint density at radius 2 is 2.11 bits per heavy atom. The molecular formula is C13H15NO3S. The fourth-order valence-electron chi connectivity index (χ4n) is 2.17. The largest absolute Gasteiger partial charge is 0.511 e. The summed E-state index contributed by atoms with van der Waals surface area (Å²) in [5, 5.41) is 12.4. The van der Waals surface area contributed by atoms with Gasteiger partial charge in [-0.25, -0.2) is 4.98 Å². The first-order valence-corrected chi connectivity index (χ1v) is 6.89. The van der Waals surface area contributed by atoms with Gasteiger partial charge in [0.1, 0.15) is 5.76 Å². The van der Waals surface area contributed by atoms with E-state index in [4.69, 9.17) is 0 Å². The van der Waals surface area contributed by atoms with Crippen molar-refractivity contribution in [2.24, 2.45) is 0 Å². The number of carbonyl (C=O) groups excluding carboxylic acids is 2. The minimum atomic E-state index is -0.252. The van der Waals surface area contributed by atoms with Crippen LogP contribution < -0.4 is 0 Å². The number of hydrogen-bond acceptors (Lipinski definition) is 5. The molecule has 0 saturated heterocycles. The molecule has 1 aromatic rings. The fourth-order valence-corrected chi connectivity index (χ4v) is 2.92. The number of thiazole rings is 1. The lowest BCUT2D eigenvalue weighted by molar-refractivity contribution is -0.124. The lowest BCUT2D eigenvalue weighted by Gasteiger charge is -2.20. The Bertz CT molecular complexity index is 470. The normalized spacial score (nSPS) is 20.3. The van der Waals surface area contributed by atoms with Gasteiger partial charge in [0.25, 0.3) is 0 Å². The summed E-state index contributed by atoms with van der Waals surface area (Å²) in [6.07, 6.45) is 3.31. The highest BCUT2D eigenvalue weighted by Crippen LogP contribution is 2.33. The van der Waals surface area contributed by atoms with Crippen molar-refractivity contribution in [3.05, 3.63) is 27.9 Å². The monoisotopic (exact) mass is 265 g/mol. The first kappa shape index (κ1) is 13.0. The summed E-state index contributed by atoms with van der Waals surface area (Å²) in [6.45, 7) is 1.90. The number of aromatic nitrogens is 1. The molecule has 1 heterocycles. The van der Waals surface area contributed by atoms with Crippen LogP contribution in [0.25, 0.3) is 0 Å². The molecular weight excluding hydrogens is 250 g/mol. The molecule has 1 fully saturated rings. The van der Waals surface area contributed by atoms with Crippen LogP contribution >= 0.6 is 11.3 Å². The molecule has 4 nitrogen and oxygen atoms in total. The van der Waals surface area contributed by atoms with Crippen molar-refractivity contribution >= 4 is 22.9 Å². The van der Waals surface area contributed by atoms with Gasteiger partial charge in [0, 0.05) is 36.8 Å². The van der Waals surface area contributed by atoms with Crippen LogP contribution in [-0.2, 0) is 9.59 Å². The van der Waals surface area contributed by atoms with E-state index in [2.05, 4.69) is 4.98 Å². The Morgan fingerprint density at radius 1 is 1.44 bits per heavy atom. The summed E-state index contributed by atoms with van der Waals surface area (Å²) < 4.78 is 0. The molecule has 18 heavy (non-hydrogen) atoms. The van der Waals surface area contributed by atoms with Crippen molar-refractivity contribution in [3.8, 4) is 0 Å². The second-order valence-electron chi connectivity index (χ2n) is 4.39. The Morgan fingerprint density at radius 3 is 2.61 bits per heavy atom. The smallest absolute Gasteiger partial charge is 0.170 e. The number of hydrogen-bond donors (Lipinski definition) is 1. The number of Topliss-reactive ketones (excluding diaryl/α,β-unsaturated/α-hetero) is 2. The number of aliphatic hydroxyl groups is 1. The molecule has 2 rings (SSSR count). The molecule has 96 valence electrons. The minimum absolute atomic E-state index is 0.0182. The predicted molar refractivity (Wildman–Crippen MR) is 68.7 cm³/mol. The third kappa shape index (κ3) is 2.51. The van der Waals surface area contributed by atoms with Crippen LogP contribution in [-0.4, -0.2) is 21.7 Å². The van der Waals surface area contributed by atoms with E-state index in [-0.39, 0.29) is 41.7 Å². The van der Waals surface area contributed by atoms with Crippen molar-refractivity contribution in [1.29, 1.82) is 0 Å². The van der Waals surface area contributed by atoms with E-state index in [1.165, 1.54) is 11.3 Å². The zero-order chi connectivity index (χ0) is 13.1. The summed E-state index contributed by atoms with van der Waals surface area (Å²) in [5.41, 5.74) is 0.0182. The van der Waals surface area contributed by atoms with Gasteiger partial charge in [0.2, 0.25) is 0 Å². The van der Waals surface area contributed by atoms with Gasteiger partial charge < -0.3 is 5.11 Å². The topological polar surface area (TPSA) is 67.3 Å². The summed E-state index contributed by atoms with van der Waals surface area (Å²) >= 11 is 1.46. The molecule has 1 aromatic heterocycles. The van der Waals surface area contributed by atoms with Crippen molar-refractivity contribution in [3.63, 3.8) is 0 Å². The van der Waals surface area contributed by atoms with Crippen LogP contribution in [0.5, 0.6) is 0 Å². The van der Waals surface area contributed by atoms with Gasteiger partial charge >= 0.3 is 0 Å². The lowest BCUT2D eigenvalue weighted by Crippen LogP contribution is -2.26. The summed E-state index contributed by atoms with van der Waals surface area (Å²) in [4.78, 5) is 28.1. The average molecular weight is 265 g/mol. The third-order valence-electron chi connectivity index (χ3n) is 3.00. The molecule has 0 spiro atoms. The van der Waals surface area contributed by atoms with E-state index in [0.717, 1.165) is 5.01 Å². The Hall–Kier alpha value is -1.49. The molecule has 0 aromatic carbocycles. The van der Waals surface area contributed by atoms with Gasteiger partial charge in [-0.3, -0.25) is 9.59 Å². The van der Waals surface area contributed by atoms with Crippen molar-refractivity contribution in [1.82, 2.24) is 4.98 Å². The Balaban J connectivity index is 2.21. The van der Waals surface area contributed by atoms with Gasteiger partial charge in [-0.05, 0) is 6.42 Å².